The highest BCUT2D eigenvalue weighted by Crippen LogP contribution is 2.42. The highest BCUT2D eigenvalue weighted by Gasteiger charge is 2.24. The summed E-state index contributed by atoms with van der Waals surface area (Å²) in [4.78, 5) is 40.3. The van der Waals surface area contributed by atoms with Crippen LogP contribution in [-0.4, -0.2) is 30.9 Å². The third-order valence-electron chi connectivity index (χ3n) is 5.17. The molecule has 0 spiro atoms. The van der Waals surface area contributed by atoms with Gasteiger partial charge >= 0.3 is 14.6 Å². The smallest absolute Gasteiger partial charge is 0.407 e. The molecule has 35 heavy (non-hydrogen) atoms. The number of benzene rings is 1. The quantitative estimate of drug-likeness (QED) is 0.195. The van der Waals surface area contributed by atoms with Crippen molar-refractivity contribution in [1.29, 1.82) is 0 Å². The van der Waals surface area contributed by atoms with Gasteiger partial charge in [0.15, 0.2) is 0 Å². The van der Waals surface area contributed by atoms with Crippen molar-refractivity contribution in [3.8, 4) is 11.5 Å². The van der Waals surface area contributed by atoms with Crippen molar-refractivity contribution in [2.45, 2.75) is 12.8 Å². The molecule has 11 nitrogen and oxygen atoms in total. The van der Waals surface area contributed by atoms with Crippen LogP contribution < -0.4 is 20.3 Å². The maximum absolute atomic E-state index is 12.7. The summed E-state index contributed by atoms with van der Waals surface area (Å²) in [5.41, 5.74) is 7.97. The van der Waals surface area contributed by atoms with Gasteiger partial charge in [-0.15, -0.1) is 0 Å². The molecule has 0 saturated carbocycles. The molecule has 0 aliphatic carbocycles. The first kappa shape index (κ1) is 22.3. The largest absolute Gasteiger partial charge is 0.532 e. The molecule has 4 aromatic heterocycles. The van der Waals surface area contributed by atoms with E-state index in [0.29, 0.717) is 40.9 Å². The van der Waals surface area contributed by atoms with Crippen LogP contribution in [0.3, 0.4) is 0 Å². The molecule has 0 unspecified atom stereocenters. The molecule has 0 aliphatic rings. The van der Waals surface area contributed by atoms with E-state index in [4.69, 9.17) is 19.3 Å². The normalized spacial score (nSPS) is 11.1. The molecule has 0 amide bonds. The fourth-order valence-corrected chi connectivity index (χ4v) is 4.41. The van der Waals surface area contributed by atoms with E-state index >= 15 is 0 Å². The standard InChI is InChI=1S/C23H21N6O5P/c24-23-28-20-19(21(30)29-23)16(11-27-20)6-3-14-1-4-15(5-2-14)22(31)34-35(32-17-7-9-25-12-17)33-18-8-10-26-13-18/h1-2,4-5,7-13,25-26H,3,6H2,(H4,24,27,28,29,30). The number of nitrogens with one attached hydrogen (secondary N) is 4. The second-order valence-electron chi connectivity index (χ2n) is 7.56. The van der Waals surface area contributed by atoms with Gasteiger partial charge in [0.1, 0.15) is 17.1 Å². The predicted octanol–water partition coefficient (Wildman–Crippen LogP) is 3.82. The van der Waals surface area contributed by atoms with E-state index in [1.54, 1.807) is 55.2 Å². The highest BCUT2D eigenvalue weighted by atomic mass is 31.2. The number of hydrogen-bond acceptors (Lipinski definition) is 7. The van der Waals surface area contributed by atoms with Crippen molar-refractivity contribution in [2.24, 2.45) is 0 Å². The summed E-state index contributed by atoms with van der Waals surface area (Å²) in [6.07, 6.45) is 9.67. The molecular formula is C23H21N6O5P. The highest BCUT2D eigenvalue weighted by molar-refractivity contribution is 7.43. The van der Waals surface area contributed by atoms with Crippen LogP contribution in [0.2, 0.25) is 0 Å². The Labute approximate surface area is 199 Å². The van der Waals surface area contributed by atoms with Gasteiger partial charge in [-0.2, -0.15) is 4.98 Å². The summed E-state index contributed by atoms with van der Waals surface area (Å²) in [6.45, 7) is 0. The van der Waals surface area contributed by atoms with Crippen molar-refractivity contribution in [2.75, 3.05) is 5.73 Å². The SMILES string of the molecule is Nc1nc2[nH]cc(CCc3ccc(C(=O)OP(Oc4cc[nH]c4)Oc4cc[nH]c4)cc3)c2c(=O)[nH]1. The predicted molar refractivity (Wildman–Crippen MR) is 130 cm³/mol. The van der Waals surface area contributed by atoms with E-state index in [0.717, 1.165) is 11.1 Å². The Morgan fingerprint density at radius 3 is 2.26 bits per heavy atom. The number of rotatable bonds is 9. The van der Waals surface area contributed by atoms with Gasteiger partial charge in [0, 0.05) is 31.0 Å². The summed E-state index contributed by atoms with van der Waals surface area (Å²) in [5, 5.41) is 0.498. The van der Waals surface area contributed by atoms with Gasteiger partial charge in [0.05, 0.1) is 10.9 Å². The van der Waals surface area contributed by atoms with Gasteiger partial charge in [-0.1, -0.05) is 12.1 Å². The number of hydrogen-bond donors (Lipinski definition) is 5. The van der Waals surface area contributed by atoms with Crippen LogP contribution in [0.25, 0.3) is 11.0 Å². The second-order valence-corrected chi connectivity index (χ2v) is 8.56. The van der Waals surface area contributed by atoms with Crippen LogP contribution in [0.15, 0.2) is 72.2 Å². The maximum Gasteiger partial charge on any atom is 0.532 e. The minimum atomic E-state index is -2.03. The third-order valence-corrected chi connectivity index (χ3v) is 6.21. The molecule has 5 aromatic rings. The summed E-state index contributed by atoms with van der Waals surface area (Å²) >= 11 is 0. The molecule has 6 N–H and O–H groups in total. The van der Waals surface area contributed by atoms with Crippen LogP contribution in [0.1, 0.15) is 21.5 Å². The first-order valence-electron chi connectivity index (χ1n) is 10.6. The van der Waals surface area contributed by atoms with Crippen LogP contribution >= 0.6 is 8.60 Å². The van der Waals surface area contributed by atoms with Gasteiger partial charge < -0.3 is 34.3 Å². The summed E-state index contributed by atoms with van der Waals surface area (Å²) in [5.74, 6) is 0.479. The molecule has 0 bridgehead atoms. The molecule has 0 saturated heterocycles. The van der Waals surface area contributed by atoms with Crippen molar-refractivity contribution < 1.29 is 18.4 Å². The Hall–Kier alpha value is -4.50. The van der Waals surface area contributed by atoms with E-state index in [2.05, 4.69) is 24.9 Å². The van der Waals surface area contributed by atoms with Crippen molar-refractivity contribution >= 4 is 31.6 Å². The summed E-state index contributed by atoms with van der Waals surface area (Å²) < 4.78 is 16.9. The van der Waals surface area contributed by atoms with Crippen molar-refractivity contribution in [1.82, 2.24) is 24.9 Å². The molecule has 12 heteroatoms. The zero-order valence-electron chi connectivity index (χ0n) is 18.3. The van der Waals surface area contributed by atoms with E-state index in [-0.39, 0.29) is 11.5 Å². The minimum Gasteiger partial charge on any atom is -0.407 e. The number of aryl methyl sites for hydroxylation is 2. The summed E-state index contributed by atoms with van der Waals surface area (Å²) in [7, 11) is -2.03. The number of aromatic amines is 4. The molecular weight excluding hydrogens is 471 g/mol. The van der Waals surface area contributed by atoms with E-state index < -0.39 is 14.6 Å². The lowest BCUT2D eigenvalue weighted by Gasteiger charge is -2.15. The van der Waals surface area contributed by atoms with E-state index in [1.165, 1.54) is 0 Å². The first-order chi connectivity index (χ1) is 17.0. The molecule has 1 aromatic carbocycles. The van der Waals surface area contributed by atoms with Crippen LogP contribution in [0.5, 0.6) is 11.5 Å². The number of anilines is 1. The Morgan fingerprint density at radius 1 is 0.943 bits per heavy atom. The maximum atomic E-state index is 12.7. The number of nitrogen functional groups attached to an aromatic ring is 1. The number of aromatic nitrogens is 5. The van der Waals surface area contributed by atoms with Gasteiger partial charge in [-0.25, -0.2) is 4.79 Å². The average molecular weight is 492 g/mol. The molecule has 0 atom stereocenters. The molecule has 0 fully saturated rings. The number of carbonyl (C=O) groups is 1. The average Bonchev–Trinajstić information content (AvgIpc) is 3.61. The second kappa shape index (κ2) is 9.78. The number of nitrogens with zero attached hydrogens (tertiary/aromatic N) is 1. The fraction of sp³-hybridized carbons (Fsp3) is 0.0870. The minimum absolute atomic E-state index is 0.0686. The van der Waals surface area contributed by atoms with Gasteiger partial charge in [-0.05, 0) is 48.2 Å². The number of H-pyrrole nitrogens is 4. The zero-order valence-corrected chi connectivity index (χ0v) is 19.2. The van der Waals surface area contributed by atoms with E-state index in [1.807, 2.05) is 12.1 Å². The lowest BCUT2D eigenvalue weighted by molar-refractivity contribution is 0.0721. The molecule has 5 rings (SSSR count). The lowest BCUT2D eigenvalue weighted by atomic mass is 10.0. The topological polar surface area (TPSA) is 164 Å². The van der Waals surface area contributed by atoms with Crippen molar-refractivity contribution in [3.63, 3.8) is 0 Å². The molecule has 0 radical (unpaired) electrons. The Morgan fingerprint density at radius 2 is 1.63 bits per heavy atom. The van der Waals surface area contributed by atoms with Gasteiger partial charge in [0.2, 0.25) is 5.95 Å². The van der Waals surface area contributed by atoms with Crippen LogP contribution in [0, 0.1) is 0 Å². The number of carbonyl (C=O) groups excluding carboxylic acids is 1. The Bertz CT molecular complexity index is 1440. The van der Waals surface area contributed by atoms with E-state index in [9.17, 15) is 9.59 Å². The molecule has 0 aliphatic heterocycles. The Kier molecular flexibility index (Phi) is 6.23. The van der Waals surface area contributed by atoms with Crippen LogP contribution in [-0.2, 0) is 17.4 Å². The van der Waals surface area contributed by atoms with Gasteiger partial charge in [-0.3, -0.25) is 9.78 Å². The zero-order chi connectivity index (χ0) is 24.2. The fourth-order valence-electron chi connectivity index (χ4n) is 3.48. The lowest BCUT2D eigenvalue weighted by Crippen LogP contribution is -2.11. The first-order valence-corrected chi connectivity index (χ1v) is 11.7. The monoisotopic (exact) mass is 492 g/mol. The molecule has 178 valence electrons. The molecule has 4 heterocycles. The number of nitrogens with two attached hydrogens (primary N) is 1. The Balaban J connectivity index is 1.23. The van der Waals surface area contributed by atoms with Crippen molar-refractivity contribution in [3.05, 3.63) is 94.4 Å². The number of fused-ring (bicyclic) bond motifs is 1. The van der Waals surface area contributed by atoms with Crippen LogP contribution in [0.4, 0.5) is 5.95 Å². The third kappa shape index (κ3) is 5.20. The summed E-state index contributed by atoms with van der Waals surface area (Å²) in [6, 6.07) is 10.4. The van der Waals surface area contributed by atoms with Gasteiger partial charge in [0.25, 0.3) is 5.56 Å².